The van der Waals surface area contributed by atoms with E-state index in [2.05, 4.69) is 10.2 Å². The predicted molar refractivity (Wildman–Crippen MR) is 104 cm³/mol. The first-order valence-corrected chi connectivity index (χ1v) is 9.48. The monoisotopic (exact) mass is 392 g/mol. The molecule has 140 valence electrons. The first-order valence-electron chi connectivity index (χ1n) is 8.60. The summed E-state index contributed by atoms with van der Waals surface area (Å²) in [4.78, 5) is 13.4. The van der Waals surface area contributed by atoms with E-state index in [0.717, 1.165) is 4.88 Å². The fourth-order valence-electron chi connectivity index (χ4n) is 2.49. The van der Waals surface area contributed by atoms with E-state index in [1.807, 2.05) is 47.8 Å². The van der Waals surface area contributed by atoms with Gasteiger partial charge in [0.15, 0.2) is 6.10 Å². The topological polar surface area (TPSA) is 74.5 Å². The van der Waals surface area contributed by atoms with Crippen LogP contribution < -0.4 is 4.74 Å². The van der Waals surface area contributed by atoms with Gasteiger partial charge in [0, 0.05) is 0 Å². The van der Waals surface area contributed by atoms with Gasteiger partial charge in [0.1, 0.15) is 11.5 Å². The van der Waals surface area contributed by atoms with E-state index in [-0.39, 0.29) is 5.89 Å². The lowest BCUT2D eigenvalue weighted by atomic mass is 10.2. The maximum absolute atomic E-state index is 12.5. The van der Waals surface area contributed by atoms with E-state index in [4.69, 9.17) is 13.9 Å². The maximum atomic E-state index is 12.5. The lowest BCUT2D eigenvalue weighted by Crippen LogP contribution is -2.09. The van der Waals surface area contributed by atoms with E-state index in [1.165, 1.54) is 11.3 Å². The molecule has 4 rings (SSSR count). The lowest BCUT2D eigenvalue weighted by molar-refractivity contribution is 0.0279. The molecule has 4 aromatic rings. The van der Waals surface area contributed by atoms with Crippen LogP contribution in [0.2, 0.25) is 0 Å². The first kappa shape index (κ1) is 17.9. The van der Waals surface area contributed by atoms with Gasteiger partial charge in [-0.15, -0.1) is 21.5 Å². The van der Waals surface area contributed by atoms with E-state index in [9.17, 15) is 4.79 Å². The molecule has 0 saturated carbocycles. The second-order valence-electron chi connectivity index (χ2n) is 5.91. The van der Waals surface area contributed by atoms with Crippen molar-refractivity contribution >= 4 is 17.3 Å². The Morgan fingerprint density at radius 2 is 1.82 bits per heavy atom. The van der Waals surface area contributed by atoms with Gasteiger partial charge in [0.2, 0.25) is 0 Å². The van der Waals surface area contributed by atoms with Crippen LogP contribution in [0.4, 0.5) is 0 Å². The highest BCUT2D eigenvalue weighted by Crippen LogP contribution is 2.27. The first-order chi connectivity index (χ1) is 13.7. The number of ether oxygens (including phenoxy) is 2. The fraction of sp³-hybridized carbons (Fsp3) is 0.0952. The predicted octanol–water partition coefficient (Wildman–Crippen LogP) is 5.51. The molecular weight excluding hydrogens is 376 g/mol. The number of rotatable bonds is 6. The number of benzene rings is 2. The summed E-state index contributed by atoms with van der Waals surface area (Å²) in [5, 5.41) is 9.91. The van der Waals surface area contributed by atoms with Crippen molar-refractivity contribution in [2.75, 3.05) is 0 Å². The SMILES string of the molecule is C[C@@H](OC(=O)c1cccc(Oc2ccccc2)c1)c1nnc(-c2cccs2)o1. The minimum atomic E-state index is -0.674. The molecule has 28 heavy (non-hydrogen) atoms. The zero-order chi connectivity index (χ0) is 19.3. The average molecular weight is 392 g/mol. The summed E-state index contributed by atoms with van der Waals surface area (Å²) in [5.74, 6) is 1.39. The Bertz CT molecular complexity index is 1060. The molecule has 0 spiro atoms. The van der Waals surface area contributed by atoms with Gasteiger partial charge in [-0.05, 0) is 48.7 Å². The van der Waals surface area contributed by atoms with Crippen molar-refractivity contribution in [3.8, 4) is 22.3 Å². The van der Waals surface area contributed by atoms with Crippen LogP contribution in [-0.2, 0) is 4.74 Å². The normalized spacial score (nSPS) is 11.8. The zero-order valence-corrected chi connectivity index (χ0v) is 15.8. The molecule has 0 unspecified atom stereocenters. The number of esters is 1. The number of carbonyl (C=O) groups is 1. The molecule has 0 saturated heterocycles. The third kappa shape index (κ3) is 4.10. The molecule has 0 aliphatic rings. The zero-order valence-electron chi connectivity index (χ0n) is 14.9. The number of hydrogen-bond donors (Lipinski definition) is 0. The third-order valence-electron chi connectivity index (χ3n) is 3.85. The molecule has 0 radical (unpaired) electrons. The Hall–Kier alpha value is -3.45. The van der Waals surface area contributed by atoms with E-state index in [0.29, 0.717) is 23.0 Å². The minimum Gasteiger partial charge on any atom is -0.457 e. The van der Waals surface area contributed by atoms with Gasteiger partial charge in [-0.1, -0.05) is 30.3 Å². The van der Waals surface area contributed by atoms with Crippen molar-refractivity contribution in [2.24, 2.45) is 0 Å². The second-order valence-corrected chi connectivity index (χ2v) is 6.86. The molecule has 0 fully saturated rings. The Morgan fingerprint density at radius 3 is 2.61 bits per heavy atom. The Labute approximate surface area is 165 Å². The molecule has 6 nitrogen and oxygen atoms in total. The molecule has 0 amide bonds. The Kier molecular flexibility index (Phi) is 5.16. The van der Waals surface area contributed by atoms with Gasteiger partial charge >= 0.3 is 5.97 Å². The van der Waals surface area contributed by atoms with Gasteiger partial charge in [-0.25, -0.2) is 4.79 Å². The number of thiophene rings is 1. The van der Waals surface area contributed by atoms with Crippen molar-refractivity contribution in [3.63, 3.8) is 0 Å². The Balaban J connectivity index is 1.44. The van der Waals surface area contributed by atoms with Crippen molar-refractivity contribution in [1.82, 2.24) is 10.2 Å². The molecule has 7 heteroatoms. The molecule has 0 N–H and O–H groups in total. The minimum absolute atomic E-state index is 0.244. The smallest absolute Gasteiger partial charge is 0.339 e. The molecule has 1 atom stereocenters. The maximum Gasteiger partial charge on any atom is 0.339 e. The molecule has 2 aromatic heterocycles. The summed E-state index contributed by atoms with van der Waals surface area (Å²) in [6.45, 7) is 1.69. The molecule has 0 aliphatic heterocycles. The quantitative estimate of drug-likeness (QED) is 0.403. The van der Waals surface area contributed by atoms with Gasteiger partial charge < -0.3 is 13.9 Å². The van der Waals surface area contributed by atoms with Gasteiger partial charge in [-0.3, -0.25) is 0 Å². The Morgan fingerprint density at radius 1 is 1.00 bits per heavy atom. The molecular formula is C21H16N2O4S. The van der Waals surface area contributed by atoms with Gasteiger partial charge in [0.05, 0.1) is 10.4 Å². The van der Waals surface area contributed by atoms with Crippen molar-refractivity contribution in [1.29, 1.82) is 0 Å². The summed E-state index contributed by atoms with van der Waals surface area (Å²) >= 11 is 1.50. The summed E-state index contributed by atoms with van der Waals surface area (Å²) in [7, 11) is 0. The molecule has 2 aromatic carbocycles. The van der Waals surface area contributed by atoms with E-state index >= 15 is 0 Å². The standard InChI is InChI=1S/C21H16N2O4S/c1-14(19-22-23-20(27-19)18-11-6-12-28-18)25-21(24)15-7-5-10-17(13-15)26-16-8-3-2-4-9-16/h2-14H,1H3/t14-/m1/s1. The second kappa shape index (κ2) is 8.06. The number of nitrogens with zero attached hydrogens (tertiary/aromatic N) is 2. The van der Waals surface area contributed by atoms with Crippen LogP contribution in [0.3, 0.4) is 0 Å². The van der Waals surface area contributed by atoms with Gasteiger partial charge in [0.25, 0.3) is 11.8 Å². The van der Waals surface area contributed by atoms with Gasteiger partial charge in [-0.2, -0.15) is 0 Å². The van der Waals surface area contributed by atoms with E-state index in [1.54, 1.807) is 31.2 Å². The van der Waals surface area contributed by atoms with Crippen LogP contribution in [0.15, 0.2) is 76.5 Å². The van der Waals surface area contributed by atoms with Crippen LogP contribution in [0.1, 0.15) is 29.3 Å². The molecule has 0 bridgehead atoms. The summed E-state index contributed by atoms with van der Waals surface area (Å²) in [5.41, 5.74) is 0.373. The van der Waals surface area contributed by atoms with E-state index < -0.39 is 12.1 Å². The van der Waals surface area contributed by atoms with Crippen molar-refractivity contribution in [3.05, 3.63) is 83.6 Å². The lowest BCUT2D eigenvalue weighted by Gasteiger charge is -2.10. The van der Waals surface area contributed by atoms with Crippen molar-refractivity contribution in [2.45, 2.75) is 13.0 Å². The average Bonchev–Trinajstić information content (AvgIpc) is 3.41. The highest BCUT2D eigenvalue weighted by molar-refractivity contribution is 7.13. The summed E-state index contributed by atoms with van der Waals surface area (Å²) in [6.07, 6.45) is -0.674. The number of carbonyl (C=O) groups excluding carboxylic acids is 1. The van der Waals surface area contributed by atoms with Crippen LogP contribution in [0.25, 0.3) is 10.8 Å². The molecule has 0 aliphatic carbocycles. The van der Waals surface area contributed by atoms with Crippen molar-refractivity contribution < 1.29 is 18.7 Å². The third-order valence-corrected chi connectivity index (χ3v) is 4.71. The summed E-state index contributed by atoms with van der Waals surface area (Å²) < 4.78 is 16.8. The highest BCUT2D eigenvalue weighted by Gasteiger charge is 2.20. The number of hydrogen-bond acceptors (Lipinski definition) is 7. The van der Waals surface area contributed by atoms with Crippen LogP contribution >= 0.6 is 11.3 Å². The van der Waals surface area contributed by atoms with Crippen LogP contribution in [0.5, 0.6) is 11.5 Å². The number of para-hydroxylation sites is 1. The van der Waals surface area contributed by atoms with Crippen LogP contribution in [0, 0.1) is 0 Å². The largest absolute Gasteiger partial charge is 0.457 e. The van der Waals surface area contributed by atoms with Crippen LogP contribution in [-0.4, -0.2) is 16.2 Å². The number of aromatic nitrogens is 2. The molecule has 2 heterocycles. The fourth-order valence-corrected chi connectivity index (χ4v) is 3.13. The summed E-state index contributed by atoms with van der Waals surface area (Å²) in [6, 6.07) is 19.9. The highest BCUT2D eigenvalue weighted by atomic mass is 32.1.